The van der Waals surface area contributed by atoms with Crippen molar-refractivity contribution in [3.63, 3.8) is 0 Å². The third kappa shape index (κ3) is 10.6. The molecule has 2 saturated heterocycles. The van der Waals surface area contributed by atoms with Gasteiger partial charge in [0.15, 0.2) is 37.0 Å². The molecule has 2 rings (SSSR count). The van der Waals surface area contributed by atoms with E-state index < -0.39 is 104 Å². The highest BCUT2D eigenvalue weighted by Crippen LogP contribution is 2.34. The number of hydrogen-bond donors (Lipinski definition) is 1. The van der Waals surface area contributed by atoms with Crippen molar-refractivity contribution >= 4 is 35.8 Å². The summed E-state index contributed by atoms with van der Waals surface area (Å²) in [5, 5.41) is 2.65. The number of amides is 1. The molecule has 0 radical (unpaired) electrons. The van der Waals surface area contributed by atoms with E-state index in [0.717, 1.165) is 27.7 Å². The van der Waals surface area contributed by atoms with Gasteiger partial charge in [-0.05, 0) is 6.92 Å². The second-order valence-electron chi connectivity index (χ2n) is 9.80. The number of ether oxygens (including phenoxy) is 9. The van der Waals surface area contributed by atoms with E-state index >= 15 is 0 Å². The van der Waals surface area contributed by atoms with Crippen LogP contribution in [0.1, 0.15) is 48.5 Å². The van der Waals surface area contributed by atoms with Crippen LogP contribution in [0.2, 0.25) is 0 Å². The monoisotopic (exact) mass is 617 g/mol. The maximum atomic E-state index is 12.3. The van der Waals surface area contributed by atoms with Crippen LogP contribution >= 0.6 is 0 Å². The first kappa shape index (κ1) is 35.6. The van der Waals surface area contributed by atoms with E-state index in [9.17, 15) is 28.8 Å². The Morgan fingerprint density at radius 1 is 0.698 bits per heavy atom. The SMILES string of the molecule is C=CCO[C@H]1O[C@H](COC(C)=O)[C@@H](OC(C)=O)[C@H](O[C@@H]2O[C@@H](C)[C@H](OC(C)=O)[C@@H](OC(C)=O)[C@H]2OC(C)=O)[C@H]1NC(C)=O. The van der Waals surface area contributed by atoms with Gasteiger partial charge in [-0.3, -0.25) is 28.8 Å². The lowest BCUT2D eigenvalue weighted by molar-refractivity contribution is -0.342. The summed E-state index contributed by atoms with van der Waals surface area (Å²) < 4.78 is 50.9. The minimum absolute atomic E-state index is 0.0440. The van der Waals surface area contributed by atoms with Crippen LogP contribution in [0.3, 0.4) is 0 Å². The molecule has 2 aliphatic rings. The maximum absolute atomic E-state index is 12.3. The van der Waals surface area contributed by atoms with Crippen LogP contribution in [-0.4, -0.2) is 110 Å². The van der Waals surface area contributed by atoms with Crippen molar-refractivity contribution < 1.29 is 71.4 Å². The molecule has 2 fully saturated rings. The molecule has 2 aliphatic heterocycles. The molecule has 0 aliphatic carbocycles. The smallest absolute Gasteiger partial charge is 0.303 e. The zero-order valence-corrected chi connectivity index (χ0v) is 25.1. The Hall–Kier alpha value is -3.60. The average molecular weight is 618 g/mol. The molecular formula is C27H39NO15. The molecule has 16 heteroatoms. The first-order chi connectivity index (χ1) is 20.1. The highest BCUT2D eigenvalue weighted by atomic mass is 16.8. The van der Waals surface area contributed by atoms with Gasteiger partial charge >= 0.3 is 29.8 Å². The number of nitrogens with one attached hydrogen (secondary N) is 1. The minimum atomic E-state index is -1.55. The predicted octanol–water partition coefficient (Wildman–Crippen LogP) is -0.161. The quantitative estimate of drug-likeness (QED) is 0.172. The van der Waals surface area contributed by atoms with Gasteiger partial charge in [-0.25, -0.2) is 0 Å². The molecule has 1 N–H and O–H groups in total. The molecule has 0 aromatic rings. The maximum Gasteiger partial charge on any atom is 0.303 e. The topological polar surface area (TPSA) is 198 Å². The minimum Gasteiger partial charge on any atom is -0.463 e. The summed E-state index contributed by atoms with van der Waals surface area (Å²) in [6, 6.07) is -1.19. The molecule has 43 heavy (non-hydrogen) atoms. The van der Waals surface area contributed by atoms with E-state index in [1.54, 1.807) is 0 Å². The Labute approximate surface area is 248 Å². The molecule has 2 heterocycles. The van der Waals surface area contributed by atoms with Gasteiger partial charge in [0.25, 0.3) is 0 Å². The van der Waals surface area contributed by atoms with Gasteiger partial charge in [0.2, 0.25) is 5.91 Å². The van der Waals surface area contributed by atoms with E-state index in [1.165, 1.54) is 26.8 Å². The normalized spacial score (nSPS) is 32.0. The van der Waals surface area contributed by atoms with Crippen LogP contribution in [-0.2, 0) is 71.4 Å². The zero-order chi connectivity index (χ0) is 32.4. The summed E-state index contributed by atoms with van der Waals surface area (Å²) in [5.74, 6) is -4.31. The van der Waals surface area contributed by atoms with E-state index in [4.69, 9.17) is 42.6 Å². The molecule has 0 saturated carbocycles. The van der Waals surface area contributed by atoms with Gasteiger partial charge in [-0.1, -0.05) is 6.08 Å². The summed E-state index contributed by atoms with van der Waals surface area (Å²) in [4.78, 5) is 72.2. The number of hydrogen-bond acceptors (Lipinski definition) is 15. The van der Waals surface area contributed by atoms with Gasteiger partial charge in [-0.15, -0.1) is 6.58 Å². The van der Waals surface area contributed by atoms with Crippen LogP contribution in [0, 0.1) is 0 Å². The standard InChI is InChI=1S/C27H39NO15/c1-9-10-35-26-20(28-13(3)29)23(22(39-16(6)32)19(42-26)11-36-14(4)30)43-27-25(41-18(8)34)24(40-17(7)33)21(12(2)37-27)38-15(5)31/h9,12,19-27H,1,10-11H2,2-8H3,(H,28,29)/t12-,19+,20+,21-,22+,23+,24+,25+,26-,27-/m0/s1. The molecule has 0 unspecified atom stereocenters. The Balaban J connectivity index is 2.64. The molecule has 0 spiro atoms. The van der Waals surface area contributed by atoms with Crippen molar-refractivity contribution in [3.05, 3.63) is 12.7 Å². The molecular weight excluding hydrogens is 578 g/mol. The molecule has 0 aromatic heterocycles. The largest absolute Gasteiger partial charge is 0.463 e. The van der Waals surface area contributed by atoms with Gasteiger partial charge in [-0.2, -0.15) is 0 Å². The molecule has 10 atom stereocenters. The van der Waals surface area contributed by atoms with Crippen LogP contribution in [0.4, 0.5) is 0 Å². The van der Waals surface area contributed by atoms with Crippen molar-refractivity contribution in [2.24, 2.45) is 0 Å². The fourth-order valence-corrected chi connectivity index (χ4v) is 4.66. The Kier molecular flexibility index (Phi) is 13.5. The number of esters is 5. The first-order valence-corrected chi connectivity index (χ1v) is 13.4. The van der Waals surface area contributed by atoms with Crippen LogP contribution in [0.25, 0.3) is 0 Å². The fourth-order valence-electron chi connectivity index (χ4n) is 4.66. The summed E-state index contributed by atoms with van der Waals surface area (Å²) in [5.41, 5.74) is 0. The number of carbonyl (C=O) groups excluding carboxylic acids is 6. The lowest BCUT2D eigenvalue weighted by Crippen LogP contribution is -2.69. The summed E-state index contributed by atoms with van der Waals surface area (Å²) in [6.45, 7) is 11.5. The van der Waals surface area contributed by atoms with Gasteiger partial charge in [0.05, 0.1) is 12.7 Å². The Bertz CT molecular complexity index is 1050. The second kappa shape index (κ2) is 16.3. The highest BCUT2D eigenvalue weighted by molar-refractivity contribution is 5.73. The number of carbonyl (C=O) groups is 6. The fraction of sp³-hybridized carbons (Fsp3) is 0.704. The zero-order valence-electron chi connectivity index (χ0n) is 25.1. The lowest BCUT2D eigenvalue weighted by atomic mass is 9.94. The van der Waals surface area contributed by atoms with Crippen molar-refractivity contribution in [2.75, 3.05) is 13.2 Å². The van der Waals surface area contributed by atoms with E-state index in [0.29, 0.717) is 0 Å². The first-order valence-electron chi connectivity index (χ1n) is 13.4. The Morgan fingerprint density at radius 3 is 1.74 bits per heavy atom. The van der Waals surface area contributed by atoms with E-state index in [-0.39, 0.29) is 6.61 Å². The van der Waals surface area contributed by atoms with Crippen LogP contribution < -0.4 is 5.32 Å². The summed E-state index contributed by atoms with van der Waals surface area (Å²) >= 11 is 0. The number of rotatable bonds is 12. The van der Waals surface area contributed by atoms with Crippen LogP contribution in [0.5, 0.6) is 0 Å². The molecule has 1 amide bonds. The van der Waals surface area contributed by atoms with E-state index in [2.05, 4.69) is 11.9 Å². The third-order valence-corrected chi connectivity index (χ3v) is 6.07. The summed E-state index contributed by atoms with van der Waals surface area (Å²) in [6.07, 6.45) is -10.4. The highest BCUT2D eigenvalue weighted by Gasteiger charge is 2.56. The predicted molar refractivity (Wildman–Crippen MR) is 140 cm³/mol. The average Bonchev–Trinajstić information content (AvgIpc) is 2.87. The second-order valence-corrected chi connectivity index (χ2v) is 9.80. The molecule has 0 bridgehead atoms. The third-order valence-electron chi connectivity index (χ3n) is 6.07. The molecule has 242 valence electrons. The Morgan fingerprint density at radius 2 is 1.23 bits per heavy atom. The van der Waals surface area contributed by atoms with Crippen molar-refractivity contribution in [3.8, 4) is 0 Å². The molecule has 16 nitrogen and oxygen atoms in total. The lowest BCUT2D eigenvalue weighted by Gasteiger charge is -2.49. The van der Waals surface area contributed by atoms with Crippen molar-refractivity contribution in [1.82, 2.24) is 5.32 Å². The van der Waals surface area contributed by atoms with Crippen molar-refractivity contribution in [1.29, 1.82) is 0 Å². The molecule has 0 aromatic carbocycles. The van der Waals surface area contributed by atoms with Crippen LogP contribution in [0.15, 0.2) is 12.7 Å². The van der Waals surface area contributed by atoms with E-state index in [1.807, 2.05) is 0 Å². The van der Waals surface area contributed by atoms with Gasteiger partial charge in [0, 0.05) is 41.5 Å². The van der Waals surface area contributed by atoms with Gasteiger partial charge in [0.1, 0.15) is 24.9 Å². The van der Waals surface area contributed by atoms with Gasteiger partial charge < -0.3 is 47.9 Å². The van der Waals surface area contributed by atoms with Crippen molar-refractivity contribution in [2.45, 2.75) is 110 Å². The summed E-state index contributed by atoms with van der Waals surface area (Å²) in [7, 11) is 0.